The summed E-state index contributed by atoms with van der Waals surface area (Å²) in [6.07, 6.45) is -3.55. The molecule has 35 heavy (non-hydrogen) atoms. The number of carbonyl (C=O) groups is 3. The van der Waals surface area contributed by atoms with E-state index >= 15 is 0 Å². The van der Waals surface area contributed by atoms with Gasteiger partial charge in [0.25, 0.3) is 0 Å². The highest BCUT2D eigenvalue weighted by Crippen LogP contribution is 2.29. The molecule has 2 aromatic carbocycles. The normalized spacial score (nSPS) is 12.8. The molecule has 8 nitrogen and oxygen atoms in total. The second kappa shape index (κ2) is 13.3. The second-order valence-electron chi connectivity index (χ2n) is 7.89. The van der Waals surface area contributed by atoms with Crippen molar-refractivity contribution in [3.63, 3.8) is 0 Å². The molecule has 2 atom stereocenters. The molecule has 0 aliphatic carbocycles. The van der Waals surface area contributed by atoms with Gasteiger partial charge in [0.05, 0.1) is 11.6 Å². The minimum atomic E-state index is -4.47. The Bertz CT molecular complexity index is 969. The van der Waals surface area contributed by atoms with Gasteiger partial charge in [-0.25, -0.2) is 4.79 Å². The number of hydrogen-bond donors (Lipinski definition) is 4. The van der Waals surface area contributed by atoms with Gasteiger partial charge in [0.15, 0.2) is 0 Å². The molecule has 0 fully saturated rings. The van der Waals surface area contributed by atoms with Crippen LogP contribution in [0.1, 0.15) is 37.3 Å². The van der Waals surface area contributed by atoms with Gasteiger partial charge in [-0.05, 0) is 56.0 Å². The van der Waals surface area contributed by atoms with E-state index in [1.54, 1.807) is 0 Å². The van der Waals surface area contributed by atoms with Crippen molar-refractivity contribution in [3.8, 4) is 0 Å². The van der Waals surface area contributed by atoms with Crippen molar-refractivity contribution in [1.82, 2.24) is 10.6 Å². The number of anilines is 1. The van der Waals surface area contributed by atoms with Crippen molar-refractivity contribution in [3.05, 3.63) is 65.7 Å². The monoisotopic (exact) mass is 494 g/mol. The molecular weight excluding hydrogens is 465 g/mol. The fourth-order valence-corrected chi connectivity index (χ4v) is 2.96. The molecular formula is C24H29F3N4O4. The molecule has 0 aliphatic rings. The van der Waals surface area contributed by atoms with Crippen LogP contribution in [0.5, 0.6) is 0 Å². The highest BCUT2D eigenvalue weighted by atomic mass is 19.4. The number of alkyl carbamates (subject to hydrolysis) is 1. The van der Waals surface area contributed by atoms with Crippen LogP contribution in [0.15, 0.2) is 54.6 Å². The third-order valence-electron chi connectivity index (χ3n) is 4.99. The Labute approximate surface area is 201 Å². The lowest BCUT2D eigenvalue weighted by molar-refractivity contribution is -0.137. The van der Waals surface area contributed by atoms with E-state index in [0.717, 1.165) is 29.8 Å². The molecule has 0 aliphatic heterocycles. The summed E-state index contributed by atoms with van der Waals surface area (Å²) in [6.45, 7) is 1.96. The number of nitrogens with one attached hydrogen (secondary N) is 3. The van der Waals surface area contributed by atoms with Crippen molar-refractivity contribution < 1.29 is 32.3 Å². The molecule has 0 spiro atoms. The van der Waals surface area contributed by atoms with Gasteiger partial charge >= 0.3 is 12.3 Å². The first kappa shape index (κ1) is 27.6. The summed E-state index contributed by atoms with van der Waals surface area (Å²) in [4.78, 5) is 36.1. The number of halogens is 3. The first-order valence-electron chi connectivity index (χ1n) is 11.0. The van der Waals surface area contributed by atoms with Gasteiger partial charge in [-0.1, -0.05) is 30.3 Å². The van der Waals surface area contributed by atoms with Crippen LogP contribution in [0.3, 0.4) is 0 Å². The average Bonchev–Trinajstić information content (AvgIpc) is 2.82. The molecule has 0 unspecified atom stereocenters. The van der Waals surface area contributed by atoms with Crippen LogP contribution in [0.4, 0.5) is 23.7 Å². The Hall–Kier alpha value is -3.60. The molecule has 3 amide bonds. The van der Waals surface area contributed by atoms with E-state index in [0.29, 0.717) is 25.8 Å². The third kappa shape index (κ3) is 10.0. The fraction of sp³-hybridized carbons (Fsp3) is 0.375. The quantitative estimate of drug-likeness (QED) is 0.356. The molecule has 0 aromatic heterocycles. The molecule has 5 N–H and O–H groups in total. The van der Waals surface area contributed by atoms with Gasteiger partial charge in [0.2, 0.25) is 11.8 Å². The highest BCUT2D eigenvalue weighted by molar-refractivity contribution is 5.97. The number of amides is 3. The predicted molar refractivity (Wildman–Crippen MR) is 124 cm³/mol. The Morgan fingerprint density at radius 2 is 1.63 bits per heavy atom. The number of rotatable bonds is 11. The Morgan fingerprint density at radius 1 is 0.971 bits per heavy atom. The second-order valence-corrected chi connectivity index (χ2v) is 7.89. The molecule has 190 valence electrons. The van der Waals surface area contributed by atoms with E-state index in [-0.39, 0.29) is 12.3 Å². The molecule has 0 saturated carbocycles. The summed E-state index contributed by atoms with van der Waals surface area (Å²) in [6, 6.07) is 11.4. The van der Waals surface area contributed by atoms with Crippen LogP contribution in [-0.4, -0.2) is 36.5 Å². The number of nitrogens with two attached hydrogens (primary N) is 1. The van der Waals surface area contributed by atoms with Gasteiger partial charge < -0.3 is 26.4 Å². The van der Waals surface area contributed by atoms with Crippen LogP contribution in [0.25, 0.3) is 0 Å². The van der Waals surface area contributed by atoms with Gasteiger partial charge in [-0.3, -0.25) is 9.59 Å². The van der Waals surface area contributed by atoms with E-state index < -0.39 is 41.7 Å². The lowest BCUT2D eigenvalue weighted by atomic mass is 10.1. The standard InChI is InChI=1S/C24H29F3N4O4/c1-16(21(32)31-19-12-10-18(11-13-19)24(25,26)27)30-22(33)20(28)9-5-6-14-29-23(34)35-15-17-7-3-2-4-8-17/h2-4,7-8,10-13,16,20H,5-6,9,14-15,28H2,1H3,(H,29,34)(H,30,33)(H,31,32)/t16-,20-/m0/s1. The van der Waals surface area contributed by atoms with Gasteiger partial charge in [0, 0.05) is 12.2 Å². The predicted octanol–water partition coefficient (Wildman–Crippen LogP) is 3.57. The van der Waals surface area contributed by atoms with Crippen LogP contribution in [0.2, 0.25) is 0 Å². The lowest BCUT2D eigenvalue weighted by Crippen LogP contribution is -2.48. The SMILES string of the molecule is C[C@H](NC(=O)[C@@H](N)CCCCNC(=O)OCc1ccccc1)C(=O)Nc1ccc(C(F)(F)F)cc1. The van der Waals surface area contributed by atoms with Gasteiger partial charge in [-0.15, -0.1) is 0 Å². The summed E-state index contributed by atoms with van der Waals surface area (Å²) in [7, 11) is 0. The van der Waals surface area contributed by atoms with Crippen LogP contribution in [-0.2, 0) is 27.1 Å². The number of carbonyl (C=O) groups excluding carboxylic acids is 3. The molecule has 0 heterocycles. The first-order valence-corrected chi connectivity index (χ1v) is 11.0. The summed E-state index contributed by atoms with van der Waals surface area (Å²) < 4.78 is 42.9. The first-order chi connectivity index (χ1) is 16.6. The molecule has 2 rings (SSSR count). The zero-order valence-electron chi connectivity index (χ0n) is 19.2. The number of alkyl halides is 3. The summed E-state index contributed by atoms with van der Waals surface area (Å²) in [5.41, 5.74) is 6.08. The van der Waals surface area contributed by atoms with Crippen molar-refractivity contribution in [2.45, 2.75) is 51.1 Å². The zero-order chi connectivity index (χ0) is 25.8. The molecule has 11 heteroatoms. The minimum Gasteiger partial charge on any atom is -0.445 e. The largest absolute Gasteiger partial charge is 0.445 e. The van der Waals surface area contributed by atoms with E-state index in [2.05, 4.69) is 16.0 Å². The van der Waals surface area contributed by atoms with E-state index in [1.807, 2.05) is 30.3 Å². The fourth-order valence-electron chi connectivity index (χ4n) is 2.96. The van der Waals surface area contributed by atoms with Crippen LogP contribution < -0.4 is 21.7 Å². The molecule has 0 saturated heterocycles. The van der Waals surface area contributed by atoms with Crippen molar-refractivity contribution in [1.29, 1.82) is 0 Å². The Kier molecular flexibility index (Phi) is 10.5. The van der Waals surface area contributed by atoms with E-state index in [4.69, 9.17) is 10.5 Å². The van der Waals surface area contributed by atoms with Gasteiger partial charge in [-0.2, -0.15) is 13.2 Å². The molecule has 0 bridgehead atoms. The van der Waals surface area contributed by atoms with Crippen molar-refractivity contribution in [2.75, 3.05) is 11.9 Å². The summed E-state index contributed by atoms with van der Waals surface area (Å²) in [5, 5.41) is 7.54. The lowest BCUT2D eigenvalue weighted by Gasteiger charge is -2.17. The van der Waals surface area contributed by atoms with E-state index in [1.165, 1.54) is 6.92 Å². The Morgan fingerprint density at radius 3 is 2.26 bits per heavy atom. The maximum Gasteiger partial charge on any atom is 0.416 e. The average molecular weight is 495 g/mol. The molecule has 2 aromatic rings. The topological polar surface area (TPSA) is 123 Å². The number of ether oxygens (including phenoxy) is 1. The number of unbranched alkanes of at least 4 members (excludes halogenated alkanes) is 1. The van der Waals surface area contributed by atoms with Crippen molar-refractivity contribution in [2.24, 2.45) is 5.73 Å². The minimum absolute atomic E-state index is 0.169. The Balaban J connectivity index is 1.62. The summed E-state index contributed by atoms with van der Waals surface area (Å²) in [5.74, 6) is -1.13. The van der Waals surface area contributed by atoms with E-state index in [9.17, 15) is 27.6 Å². The van der Waals surface area contributed by atoms with Crippen molar-refractivity contribution >= 4 is 23.6 Å². The molecule has 0 radical (unpaired) electrons. The zero-order valence-corrected chi connectivity index (χ0v) is 19.2. The number of hydrogen-bond acceptors (Lipinski definition) is 5. The number of benzene rings is 2. The summed E-state index contributed by atoms with van der Waals surface area (Å²) >= 11 is 0. The smallest absolute Gasteiger partial charge is 0.416 e. The van der Waals surface area contributed by atoms with Gasteiger partial charge in [0.1, 0.15) is 12.6 Å². The van der Waals surface area contributed by atoms with Crippen LogP contribution >= 0.6 is 0 Å². The highest BCUT2D eigenvalue weighted by Gasteiger charge is 2.30. The maximum atomic E-state index is 12.6. The maximum absolute atomic E-state index is 12.6. The third-order valence-corrected chi connectivity index (χ3v) is 4.99. The van der Waals surface area contributed by atoms with Crippen LogP contribution in [0, 0.1) is 0 Å².